The number of hydrogen-bond acceptors (Lipinski definition) is 4. The number of morpholine rings is 1. The van der Waals surface area contributed by atoms with Crippen molar-refractivity contribution in [3.05, 3.63) is 34.6 Å². The molecule has 2 aliphatic heterocycles. The zero-order chi connectivity index (χ0) is 16.9. The van der Waals surface area contributed by atoms with Crippen LogP contribution in [0.5, 0.6) is 0 Å². The third kappa shape index (κ3) is 4.42. The zero-order valence-corrected chi connectivity index (χ0v) is 15.1. The van der Waals surface area contributed by atoms with Gasteiger partial charge in [0.2, 0.25) is 0 Å². The van der Waals surface area contributed by atoms with Crippen LogP contribution < -0.4 is 0 Å². The Kier molecular flexibility index (Phi) is 6.38. The molecule has 7 heteroatoms. The molecule has 3 rings (SSSR count). The lowest BCUT2D eigenvalue weighted by Crippen LogP contribution is -2.50. The summed E-state index contributed by atoms with van der Waals surface area (Å²) in [5, 5.41) is 0.182. The number of carbonyl (C=O) groups excluding carboxylic acids is 1. The number of halogens is 2. The predicted molar refractivity (Wildman–Crippen MR) is 95.4 cm³/mol. The minimum absolute atomic E-state index is 0.0965. The maximum Gasteiger partial charge on any atom is 0.255 e. The van der Waals surface area contributed by atoms with E-state index in [9.17, 15) is 9.18 Å². The zero-order valence-electron chi connectivity index (χ0n) is 13.5. The Balaban J connectivity index is 1.76. The van der Waals surface area contributed by atoms with E-state index in [4.69, 9.17) is 16.3 Å². The molecule has 0 saturated carbocycles. The average molecular weight is 373 g/mol. The summed E-state index contributed by atoms with van der Waals surface area (Å²) in [5.74, 6) is 1.45. The molecule has 4 nitrogen and oxygen atoms in total. The van der Waals surface area contributed by atoms with Crippen molar-refractivity contribution in [1.29, 1.82) is 0 Å². The van der Waals surface area contributed by atoms with Crippen molar-refractivity contribution in [2.45, 2.75) is 12.5 Å². The van der Waals surface area contributed by atoms with Gasteiger partial charge in [-0.15, -0.1) is 0 Å². The molecule has 0 aromatic heterocycles. The average Bonchev–Trinajstić information content (AvgIpc) is 2.81. The van der Waals surface area contributed by atoms with Gasteiger partial charge in [-0.05, 0) is 30.4 Å². The van der Waals surface area contributed by atoms with E-state index in [2.05, 4.69) is 4.90 Å². The molecule has 0 N–H and O–H groups in total. The van der Waals surface area contributed by atoms with Crippen LogP contribution in [0.2, 0.25) is 5.02 Å². The normalized spacial score (nSPS) is 23.1. The van der Waals surface area contributed by atoms with Gasteiger partial charge in [0, 0.05) is 31.9 Å². The Morgan fingerprint density at radius 1 is 1.33 bits per heavy atom. The summed E-state index contributed by atoms with van der Waals surface area (Å²) >= 11 is 7.99. The summed E-state index contributed by atoms with van der Waals surface area (Å²) in [7, 11) is 0. The van der Waals surface area contributed by atoms with Crippen LogP contribution in [-0.2, 0) is 4.74 Å². The van der Waals surface area contributed by atoms with E-state index in [1.807, 2.05) is 16.7 Å². The molecule has 2 fully saturated rings. The van der Waals surface area contributed by atoms with E-state index in [1.54, 1.807) is 0 Å². The predicted octanol–water partition coefficient (Wildman–Crippen LogP) is 2.76. The second-order valence-corrected chi connectivity index (χ2v) is 7.68. The quantitative estimate of drug-likeness (QED) is 0.816. The van der Waals surface area contributed by atoms with Gasteiger partial charge in [0.15, 0.2) is 0 Å². The molecule has 2 heterocycles. The number of thioether (sulfide) groups is 1. The van der Waals surface area contributed by atoms with E-state index in [1.165, 1.54) is 18.2 Å². The molecule has 0 spiro atoms. The first kappa shape index (κ1) is 18.0. The van der Waals surface area contributed by atoms with E-state index < -0.39 is 5.82 Å². The molecule has 0 unspecified atom stereocenters. The lowest BCUT2D eigenvalue weighted by Gasteiger charge is -2.35. The van der Waals surface area contributed by atoms with Gasteiger partial charge in [0.05, 0.1) is 29.8 Å². The highest BCUT2D eigenvalue weighted by Crippen LogP contribution is 2.24. The van der Waals surface area contributed by atoms with Crippen LogP contribution in [0.15, 0.2) is 18.2 Å². The van der Waals surface area contributed by atoms with Crippen LogP contribution in [0.1, 0.15) is 16.8 Å². The number of rotatable bonds is 3. The van der Waals surface area contributed by atoms with Crippen molar-refractivity contribution < 1.29 is 13.9 Å². The number of carbonyl (C=O) groups is 1. The highest BCUT2D eigenvalue weighted by molar-refractivity contribution is 7.99. The molecule has 132 valence electrons. The van der Waals surface area contributed by atoms with Gasteiger partial charge in [-0.2, -0.15) is 11.8 Å². The van der Waals surface area contributed by atoms with Crippen LogP contribution >= 0.6 is 23.4 Å². The minimum atomic E-state index is -0.423. The van der Waals surface area contributed by atoms with Crippen LogP contribution in [0.25, 0.3) is 0 Å². The summed E-state index contributed by atoms with van der Waals surface area (Å²) in [5.41, 5.74) is 0.386. The Labute approximate surface area is 151 Å². The summed E-state index contributed by atoms with van der Waals surface area (Å²) in [6, 6.07) is 4.13. The van der Waals surface area contributed by atoms with E-state index >= 15 is 0 Å². The van der Waals surface area contributed by atoms with Crippen LogP contribution in [0, 0.1) is 5.82 Å². The largest absolute Gasteiger partial charge is 0.379 e. The molecular formula is C17H22ClFN2O2S. The van der Waals surface area contributed by atoms with Crippen molar-refractivity contribution in [1.82, 2.24) is 9.80 Å². The third-order valence-corrected chi connectivity index (χ3v) is 5.94. The van der Waals surface area contributed by atoms with Gasteiger partial charge in [0.1, 0.15) is 5.82 Å². The molecule has 2 aliphatic rings. The van der Waals surface area contributed by atoms with Gasteiger partial charge in [-0.25, -0.2) is 4.39 Å². The summed E-state index contributed by atoms with van der Waals surface area (Å²) in [6.45, 7) is 4.87. The van der Waals surface area contributed by atoms with Gasteiger partial charge in [-0.1, -0.05) is 11.6 Å². The van der Waals surface area contributed by atoms with E-state index in [0.29, 0.717) is 12.1 Å². The fourth-order valence-electron chi connectivity index (χ4n) is 3.15. The molecule has 1 atom stereocenters. The first-order valence-electron chi connectivity index (χ1n) is 8.29. The molecule has 2 saturated heterocycles. The monoisotopic (exact) mass is 372 g/mol. The molecule has 24 heavy (non-hydrogen) atoms. The number of amides is 1. The van der Waals surface area contributed by atoms with Crippen LogP contribution in [0.4, 0.5) is 4.39 Å². The van der Waals surface area contributed by atoms with Crippen LogP contribution in [0.3, 0.4) is 0 Å². The van der Waals surface area contributed by atoms with E-state index in [-0.39, 0.29) is 17.0 Å². The lowest BCUT2D eigenvalue weighted by molar-refractivity contribution is 0.0245. The molecule has 1 aromatic carbocycles. The smallest absolute Gasteiger partial charge is 0.255 e. The molecular weight excluding hydrogens is 351 g/mol. The minimum Gasteiger partial charge on any atom is -0.379 e. The van der Waals surface area contributed by atoms with Crippen molar-refractivity contribution in [3.63, 3.8) is 0 Å². The fourth-order valence-corrected chi connectivity index (χ4v) is 4.45. The van der Waals surface area contributed by atoms with Crippen molar-refractivity contribution in [3.8, 4) is 0 Å². The standard InChI is InChI=1S/C17H22ClFN2O2S/c18-16-10-13(19)2-3-15(16)17(22)21-4-1-9-24-12-14(21)11-20-5-7-23-8-6-20/h2-3,10,14H,1,4-9,11-12H2/t14-/m1/s1. The van der Waals surface area contributed by atoms with Gasteiger partial charge < -0.3 is 9.64 Å². The van der Waals surface area contributed by atoms with Gasteiger partial charge in [0.25, 0.3) is 5.91 Å². The Bertz CT molecular complexity index is 584. The van der Waals surface area contributed by atoms with E-state index in [0.717, 1.165) is 50.8 Å². The van der Waals surface area contributed by atoms with Crippen LogP contribution in [-0.4, -0.2) is 72.6 Å². The lowest BCUT2D eigenvalue weighted by atomic mass is 10.1. The summed E-state index contributed by atoms with van der Waals surface area (Å²) in [4.78, 5) is 17.3. The first-order chi connectivity index (χ1) is 11.6. The number of ether oxygens (including phenoxy) is 1. The topological polar surface area (TPSA) is 32.8 Å². The number of hydrogen-bond donors (Lipinski definition) is 0. The van der Waals surface area contributed by atoms with Crippen molar-refractivity contribution in [2.24, 2.45) is 0 Å². The highest BCUT2D eigenvalue weighted by atomic mass is 35.5. The first-order valence-corrected chi connectivity index (χ1v) is 9.82. The van der Waals surface area contributed by atoms with Crippen molar-refractivity contribution in [2.75, 3.05) is 50.9 Å². The molecule has 1 amide bonds. The second-order valence-electron chi connectivity index (χ2n) is 6.12. The SMILES string of the molecule is O=C(c1ccc(F)cc1Cl)N1CCCSC[C@H]1CN1CCOCC1. The van der Waals surface area contributed by atoms with Crippen molar-refractivity contribution >= 4 is 29.3 Å². The van der Waals surface area contributed by atoms with Gasteiger partial charge in [-0.3, -0.25) is 9.69 Å². The molecule has 0 bridgehead atoms. The Hall–Kier alpha value is -0.820. The van der Waals surface area contributed by atoms with Gasteiger partial charge >= 0.3 is 0 Å². The maximum atomic E-state index is 13.3. The number of benzene rings is 1. The highest BCUT2D eigenvalue weighted by Gasteiger charge is 2.29. The molecule has 1 aromatic rings. The second kappa shape index (κ2) is 8.52. The summed E-state index contributed by atoms with van der Waals surface area (Å²) in [6.07, 6.45) is 0.967. The molecule has 0 aliphatic carbocycles. The number of nitrogens with zero attached hydrogens (tertiary/aromatic N) is 2. The third-order valence-electron chi connectivity index (χ3n) is 4.43. The summed E-state index contributed by atoms with van der Waals surface area (Å²) < 4.78 is 18.7. The fraction of sp³-hybridized carbons (Fsp3) is 0.588. The Morgan fingerprint density at radius 3 is 2.88 bits per heavy atom. The molecule has 0 radical (unpaired) electrons. The Morgan fingerprint density at radius 2 is 2.12 bits per heavy atom. The maximum absolute atomic E-state index is 13.3.